The van der Waals surface area contributed by atoms with E-state index in [0.717, 1.165) is 30.5 Å². The fourth-order valence-electron chi connectivity index (χ4n) is 3.76. The third-order valence-corrected chi connectivity index (χ3v) is 5.79. The minimum Gasteiger partial charge on any atom is -0.497 e. The first kappa shape index (κ1) is 21.5. The third-order valence-electron chi connectivity index (χ3n) is 5.46. The molecule has 0 radical (unpaired) electrons. The highest BCUT2D eigenvalue weighted by Crippen LogP contribution is 2.36. The Morgan fingerprint density at radius 1 is 1.00 bits per heavy atom. The van der Waals surface area contributed by atoms with E-state index in [1.54, 1.807) is 20.3 Å². The van der Waals surface area contributed by atoms with Crippen molar-refractivity contribution in [2.24, 2.45) is 0 Å². The molecule has 0 bridgehead atoms. The van der Waals surface area contributed by atoms with E-state index in [2.05, 4.69) is 20.2 Å². The lowest BCUT2D eigenvalue weighted by Gasteiger charge is -2.26. The number of ether oxygens (including phenoxy) is 3. The zero-order valence-corrected chi connectivity index (χ0v) is 18.6. The molecule has 0 spiro atoms. The lowest BCUT2D eigenvalue weighted by Crippen LogP contribution is -2.33. The second-order valence-electron chi connectivity index (χ2n) is 7.46. The first-order chi connectivity index (χ1) is 15.2. The summed E-state index contributed by atoms with van der Waals surface area (Å²) in [7, 11) is 3.25. The van der Waals surface area contributed by atoms with Crippen molar-refractivity contribution < 1.29 is 14.2 Å². The van der Waals surface area contributed by atoms with Crippen molar-refractivity contribution in [1.82, 2.24) is 14.9 Å². The molecular weight excluding hydrogens is 416 g/mol. The standard InChI is InChI=1S/C23H27ClN4O3/c1-29-16-6-7-18(24)20(12-16)27-23-17-13-21(30-2)22(14-19(17)25-15-26-23)31-11-10-28-8-4-3-5-9-28/h6-7,12-15H,3-5,8-11H2,1-2H3,(H,25,26,27). The number of halogens is 1. The van der Waals surface area contributed by atoms with Gasteiger partial charge in [-0.05, 0) is 44.1 Å². The summed E-state index contributed by atoms with van der Waals surface area (Å²) in [6.07, 6.45) is 5.38. The summed E-state index contributed by atoms with van der Waals surface area (Å²) in [5, 5.41) is 4.65. The van der Waals surface area contributed by atoms with E-state index in [4.69, 9.17) is 25.8 Å². The van der Waals surface area contributed by atoms with Gasteiger partial charge >= 0.3 is 0 Å². The molecule has 3 aromatic rings. The van der Waals surface area contributed by atoms with E-state index in [0.29, 0.717) is 40.4 Å². The molecule has 2 aromatic carbocycles. The summed E-state index contributed by atoms with van der Waals surface area (Å²) in [5.41, 5.74) is 1.45. The molecule has 164 valence electrons. The summed E-state index contributed by atoms with van der Waals surface area (Å²) in [5.74, 6) is 2.64. The lowest BCUT2D eigenvalue weighted by atomic mass is 10.1. The van der Waals surface area contributed by atoms with Gasteiger partial charge in [0.2, 0.25) is 0 Å². The van der Waals surface area contributed by atoms with Crippen molar-refractivity contribution in [3.05, 3.63) is 41.7 Å². The van der Waals surface area contributed by atoms with Crippen LogP contribution in [0, 0.1) is 0 Å². The van der Waals surface area contributed by atoms with Crippen LogP contribution in [0.5, 0.6) is 17.2 Å². The van der Waals surface area contributed by atoms with Crippen LogP contribution < -0.4 is 19.5 Å². The maximum Gasteiger partial charge on any atom is 0.163 e. The molecule has 1 aromatic heterocycles. The molecule has 1 fully saturated rings. The molecule has 0 saturated carbocycles. The maximum atomic E-state index is 6.35. The van der Waals surface area contributed by atoms with E-state index >= 15 is 0 Å². The van der Waals surface area contributed by atoms with Crippen LogP contribution in [0.2, 0.25) is 5.02 Å². The predicted molar refractivity (Wildman–Crippen MR) is 123 cm³/mol. The number of rotatable bonds is 8. The molecule has 8 heteroatoms. The lowest BCUT2D eigenvalue weighted by molar-refractivity contribution is 0.181. The van der Waals surface area contributed by atoms with Crippen molar-refractivity contribution in [3.8, 4) is 17.2 Å². The molecule has 0 atom stereocenters. The number of hydrogen-bond donors (Lipinski definition) is 1. The number of benzene rings is 2. The van der Waals surface area contributed by atoms with Crippen LogP contribution in [-0.4, -0.2) is 55.3 Å². The Hall–Kier alpha value is -2.77. The van der Waals surface area contributed by atoms with E-state index in [1.807, 2.05) is 24.3 Å². The van der Waals surface area contributed by atoms with Gasteiger partial charge in [-0.15, -0.1) is 0 Å². The van der Waals surface area contributed by atoms with Gasteiger partial charge in [0.05, 0.1) is 30.4 Å². The van der Waals surface area contributed by atoms with Gasteiger partial charge in [-0.2, -0.15) is 0 Å². The highest BCUT2D eigenvalue weighted by Gasteiger charge is 2.14. The largest absolute Gasteiger partial charge is 0.497 e. The van der Waals surface area contributed by atoms with Crippen molar-refractivity contribution in [2.45, 2.75) is 19.3 Å². The molecule has 1 aliphatic rings. The zero-order chi connectivity index (χ0) is 21.6. The fraction of sp³-hybridized carbons (Fsp3) is 0.391. The van der Waals surface area contributed by atoms with Crippen LogP contribution in [0.4, 0.5) is 11.5 Å². The van der Waals surface area contributed by atoms with Crippen molar-refractivity contribution in [3.63, 3.8) is 0 Å². The summed E-state index contributed by atoms with van der Waals surface area (Å²) in [4.78, 5) is 11.3. The van der Waals surface area contributed by atoms with E-state index in [-0.39, 0.29) is 0 Å². The molecule has 0 aliphatic carbocycles. The number of nitrogens with one attached hydrogen (secondary N) is 1. The Kier molecular flexibility index (Phi) is 6.94. The van der Waals surface area contributed by atoms with Gasteiger partial charge in [-0.3, -0.25) is 4.90 Å². The first-order valence-corrected chi connectivity index (χ1v) is 10.8. The zero-order valence-electron chi connectivity index (χ0n) is 17.9. The van der Waals surface area contributed by atoms with Gasteiger partial charge in [-0.25, -0.2) is 9.97 Å². The number of fused-ring (bicyclic) bond motifs is 1. The van der Waals surface area contributed by atoms with Gasteiger partial charge in [0.25, 0.3) is 0 Å². The Labute approximate surface area is 187 Å². The van der Waals surface area contributed by atoms with Crippen LogP contribution in [0.25, 0.3) is 10.9 Å². The molecule has 7 nitrogen and oxygen atoms in total. The number of methoxy groups -OCH3 is 2. The van der Waals surface area contributed by atoms with Gasteiger partial charge in [0.15, 0.2) is 11.5 Å². The average molecular weight is 443 g/mol. The normalized spacial score (nSPS) is 14.4. The second kappa shape index (κ2) is 10.0. The molecule has 1 saturated heterocycles. The van der Waals surface area contributed by atoms with Gasteiger partial charge in [0.1, 0.15) is 24.5 Å². The summed E-state index contributed by atoms with van der Waals surface area (Å²) in [6, 6.07) is 9.20. The predicted octanol–water partition coefficient (Wildman–Crippen LogP) is 4.91. The van der Waals surface area contributed by atoms with Crippen LogP contribution in [0.15, 0.2) is 36.7 Å². The molecule has 31 heavy (non-hydrogen) atoms. The third kappa shape index (κ3) is 5.11. The molecule has 0 amide bonds. The summed E-state index contributed by atoms with van der Waals surface area (Å²) < 4.78 is 17.0. The summed E-state index contributed by atoms with van der Waals surface area (Å²) in [6.45, 7) is 3.81. The average Bonchev–Trinajstić information content (AvgIpc) is 2.81. The highest BCUT2D eigenvalue weighted by molar-refractivity contribution is 6.33. The second-order valence-corrected chi connectivity index (χ2v) is 7.87. The van der Waals surface area contributed by atoms with Crippen molar-refractivity contribution in [2.75, 3.05) is 45.8 Å². The Morgan fingerprint density at radius 3 is 2.61 bits per heavy atom. The molecule has 1 N–H and O–H groups in total. The van der Waals surface area contributed by atoms with Crippen LogP contribution in [0.1, 0.15) is 19.3 Å². The van der Waals surface area contributed by atoms with Crippen LogP contribution in [-0.2, 0) is 0 Å². The van der Waals surface area contributed by atoms with E-state index < -0.39 is 0 Å². The number of anilines is 2. The van der Waals surface area contributed by atoms with Gasteiger partial charge < -0.3 is 19.5 Å². The molecule has 2 heterocycles. The van der Waals surface area contributed by atoms with E-state index in [1.165, 1.54) is 25.6 Å². The van der Waals surface area contributed by atoms with Crippen molar-refractivity contribution >= 4 is 34.0 Å². The number of aromatic nitrogens is 2. The molecule has 1 aliphatic heterocycles. The maximum absolute atomic E-state index is 6.35. The number of likely N-dealkylation sites (tertiary alicyclic amines) is 1. The fourth-order valence-corrected chi connectivity index (χ4v) is 3.92. The van der Waals surface area contributed by atoms with Crippen LogP contribution >= 0.6 is 11.6 Å². The monoisotopic (exact) mass is 442 g/mol. The Balaban J connectivity index is 1.56. The number of nitrogens with zero attached hydrogens (tertiary/aromatic N) is 3. The number of piperidine rings is 1. The minimum atomic E-state index is 0.567. The Bertz CT molecular complexity index is 1040. The summed E-state index contributed by atoms with van der Waals surface area (Å²) >= 11 is 6.35. The van der Waals surface area contributed by atoms with Crippen molar-refractivity contribution in [1.29, 1.82) is 0 Å². The highest BCUT2D eigenvalue weighted by atomic mass is 35.5. The van der Waals surface area contributed by atoms with E-state index in [9.17, 15) is 0 Å². The molecular formula is C23H27ClN4O3. The minimum absolute atomic E-state index is 0.567. The van der Waals surface area contributed by atoms with Gasteiger partial charge in [0, 0.05) is 24.1 Å². The Morgan fingerprint density at radius 2 is 1.84 bits per heavy atom. The first-order valence-electron chi connectivity index (χ1n) is 10.5. The SMILES string of the molecule is COc1ccc(Cl)c(Nc2ncnc3cc(OCCN4CCCCC4)c(OC)cc23)c1. The topological polar surface area (TPSA) is 68.7 Å². The van der Waals surface area contributed by atoms with Gasteiger partial charge in [-0.1, -0.05) is 18.0 Å². The number of hydrogen-bond acceptors (Lipinski definition) is 7. The molecule has 4 rings (SSSR count). The van der Waals surface area contributed by atoms with Crippen LogP contribution in [0.3, 0.4) is 0 Å². The quantitative estimate of drug-likeness (QED) is 0.531. The smallest absolute Gasteiger partial charge is 0.163 e. The molecule has 0 unspecified atom stereocenters.